The normalized spacial score (nSPS) is 18.0. The van der Waals surface area contributed by atoms with Crippen LogP contribution in [0.2, 0.25) is 0 Å². The Balaban J connectivity index is 2.04. The van der Waals surface area contributed by atoms with Gasteiger partial charge < -0.3 is 10.0 Å². The van der Waals surface area contributed by atoms with Gasteiger partial charge in [0.2, 0.25) is 5.91 Å². The number of hydrogen-bond donors (Lipinski definition) is 1. The van der Waals surface area contributed by atoms with E-state index < -0.39 is 5.41 Å². The monoisotopic (exact) mass is 295 g/mol. The van der Waals surface area contributed by atoms with Crippen LogP contribution in [-0.4, -0.2) is 22.5 Å². The minimum Gasteiger partial charge on any atom is -0.394 e. The number of aliphatic hydroxyl groups is 1. The molecule has 1 amide bonds. The Bertz CT molecular complexity index is 679. The molecule has 0 saturated carbocycles. The summed E-state index contributed by atoms with van der Waals surface area (Å²) < 4.78 is 0. The van der Waals surface area contributed by atoms with E-state index in [0.717, 1.165) is 16.7 Å². The summed E-state index contributed by atoms with van der Waals surface area (Å²) >= 11 is 0. The number of fused-ring (bicyclic) bond motifs is 1. The van der Waals surface area contributed by atoms with Gasteiger partial charge in [0, 0.05) is 6.54 Å². The van der Waals surface area contributed by atoms with Crippen LogP contribution in [0, 0.1) is 0 Å². The number of aliphatic hydroxyl groups excluding tert-OH is 1. The first-order valence-corrected chi connectivity index (χ1v) is 7.61. The number of benzene rings is 2. The summed E-state index contributed by atoms with van der Waals surface area (Å²) in [4.78, 5) is 14.8. The molecule has 1 aliphatic heterocycles. The fourth-order valence-electron chi connectivity index (χ4n) is 3.31. The summed E-state index contributed by atoms with van der Waals surface area (Å²) in [6, 6.07) is 17.5. The first kappa shape index (κ1) is 14.8. The third-order valence-corrected chi connectivity index (χ3v) is 4.56. The maximum absolute atomic E-state index is 13.0. The molecule has 0 saturated heterocycles. The summed E-state index contributed by atoms with van der Waals surface area (Å²) in [5, 5.41) is 9.87. The molecule has 3 heteroatoms. The van der Waals surface area contributed by atoms with E-state index in [4.69, 9.17) is 0 Å². The van der Waals surface area contributed by atoms with Crippen LogP contribution in [-0.2, 0) is 16.8 Å². The number of carbonyl (C=O) groups excluding carboxylic acids is 1. The predicted molar refractivity (Wildman–Crippen MR) is 86.3 cm³/mol. The molecule has 1 heterocycles. The number of carbonyl (C=O) groups is 1. The average Bonchev–Trinajstić information content (AvgIpc) is 2.54. The Labute approximate surface area is 131 Å². The van der Waals surface area contributed by atoms with Crippen LogP contribution >= 0.6 is 0 Å². The maximum atomic E-state index is 13.0. The zero-order valence-corrected chi connectivity index (χ0v) is 13.0. The van der Waals surface area contributed by atoms with Crippen LogP contribution in [0.15, 0.2) is 54.6 Å². The van der Waals surface area contributed by atoms with E-state index in [9.17, 15) is 9.90 Å². The van der Waals surface area contributed by atoms with Crippen molar-refractivity contribution in [3.63, 3.8) is 0 Å². The van der Waals surface area contributed by atoms with Gasteiger partial charge in [-0.05, 0) is 30.5 Å². The second-order valence-electron chi connectivity index (χ2n) is 6.32. The first-order chi connectivity index (χ1) is 10.6. The first-order valence-electron chi connectivity index (χ1n) is 7.61. The van der Waals surface area contributed by atoms with Gasteiger partial charge in [-0.2, -0.15) is 0 Å². The van der Waals surface area contributed by atoms with Crippen molar-refractivity contribution in [2.45, 2.75) is 31.8 Å². The van der Waals surface area contributed by atoms with Crippen molar-refractivity contribution in [3.05, 3.63) is 71.3 Å². The van der Waals surface area contributed by atoms with Gasteiger partial charge in [0.1, 0.15) is 0 Å². The fourth-order valence-corrected chi connectivity index (χ4v) is 3.31. The van der Waals surface area contributed by atoms with Crippen LogP contribution in [0.3, 0.4) is 0 Å². The Kier molecular flexibility index (Phi) is 3.75. The van der Waals surface area contributed by atoms with Gasteiger partial charge in [-0.3, -0.25) is 4.79 Å². The van der Waals surface area contributed by atoms with Crippen LogP contribution in [0.1, 0.15) is 36.6 Å². The lowest BCUT2D eigenvalue weighted by molar-refractivity contribution is -0.142. The molecule has 0 bridgehead atoms. The van der Waals surface area contributed by atoms with Gasteiger partial charge in [0.25, 0.3) is 0 Å². The molecular weight excluding hydrogens is 274 g/mol. The second-order valence-corrected chi connectivity index (χ2v) is 6.32. The fraction of sp³-hybridized carbons (Fsp3) is 0.316. The summed E-state index contributed by atoms with van der Waals surface area (Å²) in [5.41, 5.74) is 2.63. The van der Waals surface area contributed by atoms with E-state index in [0.29, 0.717) is 6.54 Å². The second kappa shape index (κ2) is 5.58. The number of amides is 1. The predicted octanol–water partition coefficient (Wildman–Crippen LogP) is 3.04. The van der Waals surface area contributed by atoms with Gasteiger partial charge in [-0.15, -0.1) is 0 Å². The van der Waals surface area contributed by atoms with Gasteiger partial charge in [-0.25, -0.2) is 0 Å². The molecule has 3 rings (SSSR count). The summed E-state index contributed by atoms with van der Waals surface area (Å²) in [6.45, 7) is 4.38. The van der Waals surface area contributed by atoms with Crippen LogP contribution in [0.25, 0.3) is 0 Å². The zero-order valence-electron chi connectivity index (χ0n) is 13.0. The quantitative estimate of drug-likeness (QED) is 0.945. The van der Waals surface area contributed by atoms with Gasteiger partial charge in [0.15, 0.2) is 0 Å². The highest BCUT2D eigenvalue weighted by Crippen LogP contribution is 2.38. The highest BCUT2D eigenvalue weighted by molar-refractivity contribution is 5.89. The molecule has 0 aliphatic carbocycles. The Hall–Kier alpha value is -2.13. The van der Waals surface area contributed by atoms with Crippen LogP contribution in [0.4, 0.5) is 0 Å². The van der Waals surface area contributed by atoms with E-state index >= 15 is 0 Å². The lowest BCUT2D eigenvalue weighted by Crippen LogP contribution is -2.49. The molecule has 1 N–H and O–H groups in total. The maximum Gasteiger partial charge on any atom is 0.233 e. The smallest absolute Gasteiger partial charge is 0.233 e. The van der Waals surface area contributed by atoms with E-state index in [1.165, 1.54) is 0 Å². The topological polar surface area (TPSA) is 40.5 Å². The molecule has 22 heavy (non-hydrogen) atoms. The largest absolute Gasteiger partial charge is 0.394 e. The minimum absolute atomic E-state index is 0.0640. The molecule has 0 fully saturated rings. The third-order valence-electron chi connectivity index (χ3n) is 4.56. The molecule has 0 unspecified atom stereocenters. The average molecular weight is 295 g/mol. The third kappa shape index (κ3) is 2.32. The van der Waals surface area contributed by atoms with Crippen molar-refractivity contribution in [2.75, 3.05) is 6.61 Å². The van der Waals surface area contributed by atoms with Crippen molar-refractivity contribution in [1.29, 1.82) is 0 Å². The molecule has 1 aliphatic rings. The van der Waals surface area contributed by atoms with Crippen molar-refractivity contribution >= 4 is 5.91 Å². The van der Waals surface area contributed by atoms with Crippen molar-refractivity contribution in [2.24, 2.45) is 0 Å². The lowest BCUT2D eigenvalue weighted by atomic mass is 9.77. The number of rotatable bonds is 3. The van der Waals surface area contributed by atoms with E-state index in [1.807, 2.05) is 62.4 Å². The molecule has 114 valence electrons. The zero-order chi connectivity index (χ0) is 15.7. The molecule has 3 nitrogen and oxygen atoms in total. The number of hydrogen-bond acceptors (Lipinski definition) is 2. The SMILES string of the molecule is CC1(C)C(=O)N([C@@H](CO)c2ccccc2)Cc2ccccc21. The van der Waals surface area contributed by atoms with Gasteiger partial charge in [-0.1, -0.05) is 54.6 Å². The molecule has 0 spiro atoms. The van der Waals surface area contributed by atoms with Gasteiger partial charge in [0.05, 0.1) is 18.1 Å². The van der Waals surface area contributed by atoms with E-state index in [-0.39, 0.29) is 18.6 Å². The molecular formula is C19H21NO2. The summed E-state index contributed by atoms with van der Waals surface area (Å²) in [7, 11) is 0. The molecule has 1 atom stereocenters. The van der Waals surface area contributed by atoms with Crippen LogP contribution in [0.5, 0.6) is 0 Å². The highest BCUT2D eigenvalue weighted by atomic mass is 16.3. The highest BCUT2D eigenvalue weighted by Gasteiger charge is 2.42. The summed E-state index contributed by atoms with van der Waals surface area (Å²) in [6.07, 6.45) is 0. The van der Waals surface area contributed by atoms with Crippen molar-refractivity contribution in [1.82, 2.24) is 4.90 Å². The molecule has 2 aromatic carbocycles. The van der Waals surface area contributed by atoms with E-state index in [2.05, 4.69) is 6.07 Å². The van der Waals surface area contributed by atoms with Crippen LogP contribution < -0.4 is 0 Å². The lowest BCUT2D eigenvalue weighted by Gasteiger charge is -2.42. The van der Waals surface area contributed by atoms with Crippen molar-refractivity contribution in [3.8, 4) is 0 Å². The standard InChI is InChI=1S/C19H21NO2/c1-19(2)16-11-7-6-10-15(16)12-20(18(19)22)17(13-21)14-8-4-3-5-9-14/h3-11,17,21H,12-13H2,1-2H3/t17-/m0/s1. The molecule has 0 radical (unpaired) electrons. The van der Waals surface area contributed by atoms with Gasteiger partial charge >= 0.3 is 0 Å². The number of nitrogens with zero attached hydrogens (tertiary/aromatic N) is 1. The Morgan fingerprint density at radius 3 is 2.41 bits per heavy atom. The Morgan fingerprint density at radius 1 is 1.09 bits per heavy atom. The van der Waals surface area contributed by atoms with Crippen molar-refractivity contribution < 1.29 is 9.90 Å². The molecule has 2 aromatic rings. The molecule has 0 aromatic heterocycles. The summed E-state index contributed by atoms with van der Waals surface area (Å²) in [5.74, 6) is 0.0640. The minimum atomic E-state index is -0.572. The Morgan fingerprint density at radius 2 is 1.73 bits per heavy atom. The van der Waals surface area contributed by atoms with E-state index in [1.54, 1.807) is 4.90 Å².